The quantitative estimate of drug-likeness (QED) is 0.291. The molecule has 10 nitrogen and oxygen atoms in total. The first kappa shape index (κ1) is 21.4. The number of nitrogens with zero attached hydrogens (tertiary/aromatic N) is 4. The minimum absolute atomic E-state index is 0.0796. The maximum atomic E-state index is 13.1. The molecule has 0 N–H and O–H groups in total. The fourth-order valence-corrected chi connectivity index (χ4v) is 5.63. The van der Waals surface area contributed by atoms with E-state index in [0.29, 0.717) is 38.5 Å². The summed E-state index contributed by atoms with van der Waals surface area (Å²) in [6.45, 7) is 3.90. The summed E-state index contributed by atoms with van der Waals surface area (Å²) in [7, 11) is 0. The predicted molar refractivity (Wildman–Crippen MR) is 119 cm³/mol. The molecule has 4 atom stereocenters. The van der Waals surface area contributed by atoms with Crippen LogP contribution in [0.25, 0.3) is 0 Å². The first-order valence-electron chi connectivity index (χ1n) is 11.4. The summed E-state index contributed by atoms with van der Waals surface area (Å²) in [5.41, 5.74) is 0.496. The van der Waals surface area contributed by atoms with Crippen molar-refractivity contribution in [1.29, 1.82) is 0 Å². The van der Waals surface area contributed by atoms with E-state index >= 15 is 0 Å². The molecule has 0 unspecified atom stereocenters. The van der Waals surface area contributed by atoms with Crippen molar-refractivity contribution in [1.82, 2.24) is 4.90 Å². The molecule has 3 fully saturated rings. The molecule has 1 saturated carbocycles. The minimum Gasteiger partial charge on any atom is -0.449 e. The van der Waals surface area contributed by atoms with Crippen molar-refractivity contribution in [2.45, 2.75) is 19.8 Å². The Bertz CT molecular complexity index is 1020. The Morgan fingerprint density at radius 3 is 2.30 bits per heavy atom. The summed E-state index contributed by atoms with van der Waals surface area (Å²) in [5.74, 6) is -1.07. The molecule has 0 radical (unpaired) electrons. The van der Waals surface area contributed by atoms with E-state index in [2.05, 4.69) is 0 Å². The van der Waals surface area contributed by atoms with Crippen molar-refractivity contribution in [2.24, 2.45) is 23.7 Å². The van der Waals surface area contributed by atoms with E-state index in [9.17, 15) is 24.5 Å². The molecule has 3 amide bonds. The Balaban J connectivity index is 1.35. The van der Waals surface area contributed by atoms with Crippen LogP contribution in [0.3, 0.4) is 0 Å². The molecule has 2 aliphatic heterocycles. The Labute approximate surface area is 190 Å². The molecule has 1 aromatic carbocycles. The van der Waals surface area contributed by atoms with Gasteiger partial charge in [0.1, 0.15) is 5.69 Å². The average molecular weight is 454 g/mol. The third-order valence-corrected chi connectivity index (χ3v) is 7.19. The molecule has 174 valence electrons. The Morgan fingerprint density at radius 2 is 1.73 bits per heavy atom. The zero-order chi connectivity index (χ0) is 23.3. The minimum atomic E-state index is -0.488. The summed E-state index contributed by atoms with van der Waals surface area (Å²) >= 11 is 0. The molecular weight excluding hydrogens is 428 g/mol. The van der Waals surface area contributed by atoms with Crippen LogP contribution in [-0.2, 0) is 14.3 Å². The predicted octanol–water partition coefficient (Wildman–Crippen LogP) is 2.57. The zero-order valence-electron chi connectivity index (χ0n) is 18.4. The molecule has 0 aromatic heterocycles. The van der Waals surface area contributed by atoms with E-state index in [1.54, 1.807) is 17.0 Å². The van der Waals surface area contributed by atoms with Crippen LogP contribution in [0.5, 0.6) is 0 Å². The molecular formula is C23H26N4O6. The zero-order valence-corrected chi connectivity index (χ0v) is 18.4. The number of hydrogen-bond donors (Lipinski definition) is 0. The standard InChI is InChI=1S/C23H26N4O6/c1-2-11-33-23(30)25-9-7-24(8-10-25)17-6-5-16(13-18(17)27(31)32)26-21(28)19-14-3-4-15(12-14)20(19)22(26)29/h3-6,13-15,19-20H,2,7-12H2,1H3/t14-,15+,19-,20+. The first-order chi connectivity index (χ1) is 15.9. The Hall–Kier alpha value is -3.43. The number of hydrogen-bond acceptors (Lipinski definition) is 7. The van der Waals surface area contributed by atoms with Crippen LogP contribution in [0.15, 0.2) is 30.4 Å². The number of ether oxygens (including phenoxy) is 1. The van der Waals surface area contributed by atoms with Crippen LogP contribution in [0.1, 0.15) is 19.8 Å². The molecule has 33 heavy (non-hydrogen) atoms. The maximum Gasteiger partial charge on any atom is 0.409 e. The van der Waals surface area contributed by atoms with Gasteiger partial charge in [0.2, 0.25) is 11.8 Å². The van der Waals surface area contributed by atoms with E-state index in [1.807, 2.05) is 24.0 Å². The number of anilines is 2. The highest BCUT2D eigenvalue weighted by atomic mass is 16.6. The Morgan fingerprint density at radius 1 is 1.09 bits per heavy atom. The van der Waals surface area contributed by atoms with Crippen LogP contribution < -0.4 is 9.80 Å². The molecule has 2 bridgehead atoms. The highest BCUT2D eigenvalue weighted by molar-refractivity contribution is 6.23. The van der Waals surface area contributed by atoms with Gasteiger partial charge in [0.25, 0.3) is 5.69 Å². The number of fused-ring (bicyclic) bond motifs is 5. The molecule has 2 heterocycles. The second-order valence-electron chi connectivity index (χ2n) is 9.03. The summed E-state index contributed by atoms with van der Waals surface area (Å²) < 4.78 is 5.16. The monoisotopic (exact) mass is 454 g/mol. The van der Waals surface area contributed by atoms with Crippen LogP contribution in [0.2, 0.25) is 0 Å². The van der Waals surface area contributed by atoms with Crippen molar-refractivity contribution >= 4 is 35.0 Å². The van der Waals surface area contributed by atoms with Gasteiger partial charge in [0, 0.05) is 32.2 Å². The summed E-state index contributed by atoms with van der Waals surface area (Å²) in [6, 6.07) is 4.53. The van der Waals surface area contributed by atoms with E-state index in [1.165, 1.54) is 6.07 Å². The number of piperazine rings is 1. The van der Waals surface area contributed by atoms with Crippen LogP contribution in [0, 0.1) is 33.8 Å². The highest BCUT2D eigenvalue weighted by Crippen LogP contribution is 2.53. The maximum absolute atomic E-state index is 13.1. The lowest BCUT2D eigenvalue weighted by atomic mass is 9.85. The van der Waals surface area contributed by atoms with Gasteiger partial charge in [0.15, 0.2) is 0 Å². The number of carbonyl (C=O) groups excluding carboxylic acids is 3. The van der Waals surface area contributed by atoms with Crippen LogP contribution in [0.4, 0.5) is 21.9 Å². The number of nitro groups is 1. The van der Waals surface area contributed by atoms with Crippen molar-refractivity contribution in [3.63, 3.8) is 0 Å². The Kier molecular flexibility index (Phi) is 5.30. The SMILES string of the molecule is CCCOC(=O)N1CCN(c2ccc(N3C(=O)[C@@H]4[C@H](C3=O)[C@@H]3C=C[C@H]4C3)cc2[N+](=O)[O-])CC1. The topological polar surface area (TPSA) is 113 Å². The van der Waals surface area contributed by atoms with Crippen LogP contribution in [-0.4, -0.2) is 60.5 Å². The van der Waals surface area contributed by atoms with E-state index in [0.717, 1.165) is 17.7 Å². The largest absolute Gasteiger partial charge is 0.449 e. The van der Waals surface area contributed by atoms with Crippen LogP contribution >= 0.6 is 0 Å². The number of rotatable bonds is 5. The van der Waals surface area contributed by atoms with Gasteiger partial charge in [-0.3, -0.25) is 19.7 Å². The van der Waals surface area contributed by atoms with Gasteiger partial charge in [-0.05, 0) is 36.8 Å². The molecule has 1 aromatic rings. The van der Waals surface area contributed by atoms with Gasteiger partial charge in [-0.1, -0.05) is 19.1 Å². The van der Waals surface area contributed by atoms with Gasteiger partial charge in [-0.25, -0.2) is 9.69 Å². The second kappa shape index (κ2) is 8.17. The average Bonchev–Trinajstić information content (AvgIpc) is 3.51. The molecule has 4 aliphatic rings. The molecule has 0 spiro atoms. The number of nitro benzene ring substituents is 1. The van der Waals surface area contributed by atoms with Gasteiger partial charge in [0.05, 0.1) is 29.1 Å². The highest BCUT2D eigenvalue weighted by Gasteiger charge is 2.59. The third kappa shape index (κ3) is 3.44. The number of benzene rings is 1. The van der Waals surface area contributed by atoms with Crippen molar-refractivity contribution in [3.05, 3.63) is 40.5 Å². The fourth-order valence-electron chi connectivity index (χ4n) is 5.63. The lowest BCUT2D eigenvalue weighted by Gasteiger charge is -2.35. The molecule has 10 heteroatoms. The number of imide groups is 1. The lowest BCUT2D eigenvalue weighted by Crippen LogP contribution is -2.49. The normalized spacial score (nSPS) is 28.0. The molecule has 2 saturated heterocycles. The summed E-state index contributed by atoms with van der Waals surface area (Å²) in [4.78, 5) is 54.2. The lowest BCUT2D eigenvalue weighted by molar-refractivity contribution is -0.384. The number of amides is 3. The number of allylic oxidation sites excluding steroid dienone is 2. The van der Waals surface area contributed by atoms with Crippen molar-refractivity contribution in [2.75, 3.05) is 42.6 Å². The summed E-state index contributed by atoms with van der Waals surface area (Å²) in [5, 5.41) is 11.9. The van der Waals surface area contributed by atoms with E-state index in [4.69, 9.17) is 4.74 Å². The van der Waals surface area contributed by atoms with Crippen molar-refractivity contribution < 1.29 is 24.0 Å². The van der Waals surface area contributed by atoms with Gasteiger partial charge >= 0.3 is 6.09 Å². The second-order valence-corrected chi connectivity index (χ2v) is 9.03. The third-order valence-electron chi connectivity index (χ3n) is 7.19. The fraction of sp³-hybridized carbons (Fsp3) is 0.522. The number of carbonyl (C=O) groups is 3. The van der Waals surface area contributed by atoms with E-state index in [-0.39, 0.29) is 53.0 Å². The molecule has 2 aliphatic carbocycles. The van der Waals surface area contributed by atoms with Gasteiger partial charge in [-0.15, -0.1) is 0 Å². The molecule has 5 rings (SSSR count). The first-order valence-corrected chi connectivity index (χ1v) is 11.4. The smallest absolute Gasteiger partial charge is 0.409 e. The van der Waals surface area contributed by atoms with Gasteiger partial charge < -0.3 is 14.5 Å². The van der Waals surface area contributed by atoms with Crippen molar-refractivity contribution in [3.8, 4) is 0 Å². The van der Waals surface area contributed by atoms with E-state index < -0.39 is 4.92 Å². The summed E-state index contributed by atoms with van der Waals surface area (Å²) in [6.07, 6.45) is 5.23. The van der Waals surface area contributed by atoms with Gasteiger partial charge in [-0.2, -0.15) is 0 Å².